The maximum Gasteiger partial charge on any atom is 0.241 e. The summed E-state index contributed by atoms with van der Waals surface area (Å²) in [5.41, 5.74) is 10.8. The highest BCUT2D eigenvalue weighted by Gasteiger charge is 2.05. The van der Waals surface area contributed by atoms with Crippen LogP contribution in [0.15, 0.2) is 0 Å². The lowest BCUT2D eigenvalue weighted by atomic mass is 10.4. The fourth-order valence-corrected chi connectivity index (χ4v) is 1.01. The molecule has 0 aliphatic rings. The van der Waals surface area contributed by atoms with E-state index in [-0.39, 0.29) is 11.9 Å². The van der Waals surface area contributed by atoms with Gasteiger partial charge in [0.25, 0.3) is 0 Å². The first kappa shape index (κ1) is 9.76. The Bertz CT molecular complexity index is 485. The van der Waals surface area contributed by atoms with Crippen LogP contribution in [0.3, 0.4) is 0 Å². The summed E-state index contributed by atoms with van der Waals surface area (Å²) in [6.45, 7) is 0. The third kappa shape index (κ3) is 1.47. The van der Waals surface area contributed by atoms with Gasteiger partial charge in [0.2, 0.25) is 11.9 Å². The van der Waals surface area contributed by atoms with Gasteiger partial charge in [-0.2, -0.15) is 0 Å². The van der Waals surface area contributed by atoms with Gasteiger partial charge < -0.3 is 23.2 Å². The molecule has 2 rings (SSSR count). The van der Waals surface area contributed by atoms with Crippen LogP contribution in [0.1, 0.15) is 11.6 Å². The second kappa shape index (κ2) is 3.42. The van der Waals surface area contributed by atoms with E-state index in [4.69, 9.17) is 23.2 Å². The van der Waals surface area contributed by atoms with E-state index in [2.05, 4.69) is 20.4 Å². The zero-order chi connectivity index (χ0) is 11.7. The van der Waals surface area contributed by atoms with Gasteiger partial charge in [0.05, 0.1) is 0 Å². The minimum absolute atomic E-state index is 0.105. The Morgan fingerprint density at radius 1 is 0.750 bits per heavy atom. The first-order chi connectivity index (χ1) is 7.59. The first-order valence-corrected chi connectivity index (χ1v) is 4.19. The molecule has 0 amide bonds. The van der Waals surface area contributed by atoms with E-state index in [1.807, 2.05) is 0 Å². The molecule has 16 heavy (non-hydrogen) atoms. The number of hydrogen-bond donors (Lipinski definition) is 4. The molecular weight excluding hydrogens is 212 g/mol. The second-order valence-corrected chi connectivity index (χ2v) is 2.91. The second-order valence-electron chi connectivity index (χ2n) is 2.91. The van der Waals surface area contributed by atoms with E-state index in [1.54, 1.807) is 0 Å². The summed E-state index contributed by atoms with van der Waals surface area (Å²) >= 11 is 0. The molecule has 0 spiro atoms. The smallest absolute Gasteiger partial charge is 0.241 e. The van der Waals surface area contributed by atoms with Gasteiger partial charge in [0, 0.05) is 0 Å². The monoisotopic (exact) mass is 222 g/mol. The predicted molar refractivity (Wildman–Crippen MR) is 58.1 cm³/mol. The SMILES string of the molecule is Nc1nnc(/C=C/c2nnc(N)n2N)n1N. The number of nitrogens with zero attached hydrogens (tertiary/aromatic N) is 6. The molecule has 84 valence electrons. The van der Waals surface area contributed by atoms with Crippen molar-refractivity contribution in [1.82, 2.24) is 29.7 Å². The van der Waals surface area contributed by atoms with Crippen molar-refractivity contribution >= 4 is 24.0 Å². The van der Waals surface area contributed by atoms with E-state index in [0.717, 1.165) is 9.35 Å². The Balaban J connectivity index is 2.28. The quantitative estimate of drug-likeness (QED) is 0.409. The first-order valence-electron chi connectivity index (χ1n) is 4.19. The van der Waals surface area contributed by atoms with E-state index < -0.39 is 0 Å². The molecule has 0 fully saturated rings. The van der Waals surface area contributed by atoms with E-state index >= 15 is 0 Å². The van der Waals surface area contributed by atoms with E-state index in [9.17, 15) is 0 Å². The van der Waals surface area contributed by atoms with Gasteiger partial charge in [0.1, 0.15) is 0 Å². The molecule has 0 saturated heterocycles. The summed E-state index contributed by atoms with van der Waals surface area (Å²) in [6, 6.07) is 0. The number of anilines is 2. The average molecular weight is 222 g/mol. The maximum absolute atomic E-state index is 5.53. The molecule has 0 aliphatic heterocycles. The van der Waals surface area contributed by atoms with Gasteiger partial charge in [0.15, 0.2) is 11.6 Å². The zero-order valence-electron chi connectivity index (χ0n) is 8.15. The molecular formula is C6H10N10. The maximum atomic E-state index is 5.53. The molecule has 0 aromatic carbocycles. The van der Waals surface area contributed by atoms with Crippen LogP contribution < -0.4 is 23.2 Å². The molecule has 2 aromatic heterocycles. The van der Waals surface area contributed by atoms with Crippen LogP contribution in [0.4, 0.5) is 11.9 Å². The Labute approximate surface area is 89.5 Å². The molecule has 2 heterocycles. The standard InChI is InChI=1S/C6H10N10/c7-5-13-11-3(15(5)9)1-2-4-12-14-6(8)16(4)10/h1-2H,9-10H2,(H2,7,13)(H2,8,14)/b2-1+. The van der Waals surface area contributed by atoms with Crippen LogP contribution in [-0.4, -0.2) is 29.7 Å². The third-order valence-corrected chi connectivity index (χ3v) is 1.88. The zero-order valence-corrected chi connectivity index (χ0v) is 8.15. The highest BCUT2D eigenvalue weighted by molar-refractivity contribution is 5.64. The number of rotatable bonds is 2. The molecule has 2 aromatic rings. The normalized spacial score (nSPS) is 11.2. The molecule has 0 bridgehead atoms. The molecule has 0 saturated carbocycles. The number of nitrogens with two attached hydrogens (primary N) is 4. The topological polar surface area (TPSA) is 166 Å². The van der Waals surface area contributed by atoms with Crippen molar-refractivity contribution in [2.45, 2.75) is 0 Å². The minimum atomic E-state index is 0.105. The van der Waals surface area contributed by atoms with E-state index in [1.165, 1.54) is 12.2 Å². The van der Waals surface area contributed by atoms with Crippen molar-refractivity contribution in [3.05, 3.63) is 11.6 Å². The predicted octanol–water partition coefficient (Wildman–Crippen LogP) is -2.37. The van der Waals surface area contributed by atoms with Gasteiger partial charge in [-0.05, 0) is 12.2 Å². The summed E-state index contributed by atoms with van der Waals surface area (Å²) in [4.78, 5) is 0. The average Bonchev–Trinajstić information content (AvgIpc) is 2.74. The number of aromatic nitrogens is 6. The van der Waals surface area contributed by atoms with Crippen molar-refractivity contribution in [3.8, 4) is 0 Å². The van der Waals surface area contributed by atoms with Gasteiger partial charge in [-0.25, -0.2) is 9.35 Å². The molecule has 0 atom stereocenters. The summed E-state index contributed by atoms with van der Waals surface area (Å²) < 4.78 is 2.24. The Kier molecular flexibility index (Phi) is 2.08. The molecule has 8 N–H and O–H groups in total. The van der Waals surface area contributed by atoms with Crippen molar-refractivity contribution in [2.24, 2.45) is 0 Å². The van der Waals surface area contributed by atoms with Gasteiger partial charge in [-0.3, -0.25) is 0 Å². The molecule has 10 heteroatoms. The Morgan fingerprint density at radius 2 is 1.12 bits per heavy atom. The van der Waals surface area contributed by atoms with Crippen LogP contribution in [0.25, 0.3) is 12.2 Å². The lowest BCUT2D eigenvalue weighted by Gasteiger charge is -1.96. The van der Waals surface area contributed by atoms with Crippen molar-refractivity contribution < 1.29 is 0 Å². The fourth-order valence-electron chi connectivity index (χ4n) is 1.01. The van der Waals surface area contributed by atoms with Crippen molar-refractivity contribution in [1.29, 1.82) is 0 Å². The van der Waals surface area contributed by atoms with Gasteiger partial charge >= 0.3 is 0 Å². The third-order valence-electron chi connectivity index (χ3n) is 1.88. The lowest BCUT2D eigenvalue weighted by Crippen LogP contribution is -2.14. The Morgan fingerprint density at radius 3 is 1.38 bits per heavy atom. The Hall–Kier alpha value is -2.78. The van der Waals surface area contributed by atoms with Crippen molar-refractivity contribution in [3.63, 3.8) is 0 Å². The van der Waals surface area contributed by atoms with Crippen LogP contribution >= 0.6 is 0 Å². The van der Waals surface area contributed by atoms with Crippen LogP contribution in [-0.2, 0) is 0 Å². The summed E-state index contributed by atoms with van der Waals surface area (Å²) in [5.74, 6) is 12.0. The van der Waals surface area contributed by atoms with Crippen LogP contribution in [0, 0.1) is 0 Å². The van der Waals surface area contributed by atoms with Gasteiger partial charge in [-0.15, -0.1) is 20.4 Å². The van der Waals surface area contributed by atoms with Crippen LogP contribution in [0.5, 0.6) is 0 Å². The van der Waals surface area contributed by atoms with Crippen LogP contribution in [0.2, 0.25) is 0 Å². The number of hydrogen-bond acceptors (Lipinski definition) is 8. The molecule has 0 aliphatic carbocycles. The highest BCUT2D eigenvalue weighted by Crippen LogP contribution is 2.05. The molecule has 0 radical (unpaired) electrons. The lowest BCUT2D eigenvalue weighted by molar-refractivity contribution is 0.982. The van der Waals surface area contributed by atoms with Gasteiger partial charge in [-0.1, -0.05) is 0 Å². The highest BCUT2D eigenvalue weighted by atomic mass is 15.5. The molecule has 10 nitrogen and oxygen atoms in total. The fraction of sp³-hybridized carbons (Fsp3) is 0. The van der Waals surface area contributed by atoms with E-state index in [0.29, 0.717) is 11.6 Å². The minimum Gasteiger partial charge on any atom is -0.366 e. The van der Waals surface area contributed by atoms with Crippen molar-refractivity contribution in [2.75, 3.05) is 23.2 Å². The summed E-state index contributed by atoms with van der Waals surface area (Å²) in [7, 11) is 0. The summed E-state index contributed by atoms with van der Waals surface area (Å²) in [6.07, 6.45) is 3.08. The summed E-state index contributed by atoms with van der Waals surface area (Å²) in [5, 5.41) is 14.6. The number of nitrogen functional groups attached to an aromatic ring is 4. The molecule has 0 unspecified atom stereocenters. The largest absolute Gasteiger partial charge is 0.366 e.